The van der Waals surface area contributed by atoms with Crippen LogP contribution in [0.3, 0.4) is 0 Å². The van der Waals surface area contributed by atoms with Crippen LogP contribution in [0.1, 0.15) is 6.92 Å². The first kappa shape index (κ1) is 30.9. The molecule has 0 radical (unpaired) electrons. The highest BCUT2D eigenvalue weighted by Crippen LogP contribution is 2.37. The van der Waals surface area contributed by atoms with E-state index in [0.717, 1.165) is 12.1 Å². The third-order valence-electron chi connectivity index (χ3n) is 7.20. The van der Waals surface area contributed by atoms with Gasteiger partial charge < -0.3 is 69.5 Å². The van der Waals surface area contributed by atoms with Gasteiger partial charge >= 0.3 is 0 Å². The number of aliphatic hydroxyl groups is 6. The minimum absolute atomic E-state index is 0.105. The van der Waals surface area contributed by atoms with E-state index < -0.39 is 90.7 Å². The van der Waals surface area contributed by atoms with E-state index in [1.165, 1.54) is 31.2 Å². The lowest BCUT2D eigenvalue weighted by atomic mass is 9.97. The van der Waals surface area contributed by atoms with E-state index in [1.54, 1.807) is 0 Å². The van der Waals surface area contributed by atoms with Crippen LogP contribution in [0.15, 0.2) is 45.6 Å². The molecule has 5 rings (SSSR count). The molecular weight excluding hydrogens is 580 g/mol. The summed E-state index contributed by atoms with van der Waals surface area (Å²) in [4.78, 5) is 24.2. The van der Waals surface area contributed by atoms with Crippen LogP contribution in [0.25, 0.3) is 22.3 Å². The van der Waals surface area contributed by atoms with Crippen LogP contribution < -0.4 is 10.3 Å². The van der Waals surface area contributed by atoms with Crippen LogP contribution in [0.5, 0.6) is 23.0 Å². The van der Waals surface area contributed by atoms with Crippen LogP contribution in [-0.4, -0.2) is 114 Å². The molecular formula is C27H30O16. The number of ether oxygens (including phenoxy) is 3. The minimum Gasteiger partial charge on any atom is -0.508 e. The van der Waals surface area contributed by atoms with Crippen molar-refractivity contribution in [1.82, 2.24) is 0 Å². The Kier molecular flexibility index (Phi) is 8.77. The van der Waals surface area contributed by atoms with Crippen molar-refractivity contribution >= 4 is 11.0 Å². The molecule has 10 atom stereocenters. The third kappa shape index (κ3) is 5.85. The molecule has 2 aliphatic rings. The van der Waals surface area contributed by atoms with E-state index in [4.69, 9.17) is 28.4 Å². The second kappa shape index (κ2) is 12.2. The predicted molar refractivity (Wildman–Crippen MR) is 140 cm³/mol. The molecule has 2 aromatic carbocycles. The molecule has 2 fully saturated rings. The average Bonchev–Trinajstić information content (AvgIpc) is 2.97. The van der Waals surface area contributed by atoms with Crippen LogP contribution in [0.2, 0.25) is 0 Å². The van der Waals surface area contributed by atoms with Crippen LogP contribution in [-0.2, 0) is 19.1 Å². The van der Waals surface area contributed by atoms with Gasteiger partial charge in [0.2, 0.25) is 11.7 Å². The molecule has 2 saturated heterocycles. The van der Waals surface area contributed by atoms with Crippen molar-refractivity contribution in [2.24, 2.45) is 0 Å². The van der Waals surface area contributed by atoms with Crippen molar-refractivity contribution in [2.45, 2.75) is 68.3 Å². The molecule has 234 valence electrons. The number of hydrogen-bond donors (Lipinski definition) is 9. The second-order valence-electron chi connectivity index (χ2n) is 10.1. The lowest BCUT2D eigenvalue weighted by Crippen LogP contribution is -2.64. The molecule has 0 saturated carbocycles. The zero-order chi connectivity index (χ0) is 31.2. The topological polar surface area (TPSA) is 258 Å². The van der Waals surface area contributed by atoms with Gasteiger partial charge in [0.15, 0.2) is 12.1 Å². The summed E-state index contributed by atoms with van der Waals surface area (Å²) in [5.74, 6) is -2.05. The number of hydrogen-bond acceptors (Lipinski definition) is 16. The van der Waals surface area contributed by atoms with E-state index in [0.29, 0.717) is 0 Å². The summed E-state index contributed by atoms with van der Waals surface area (Å²) in [5.41, 5.74) is -0.985. The number of benzene rings is 2. The standard InChI is InChI=1S/C27H30O16/c1-9-17(32)21(36)25(41-26-22(37)20(35)18(33)15(8-28)40-26)27(38-9)43-42-24-19(34)16-13(31)6-12(30)7-14(16)39-23(24)10-2-4-11(29)5-3-10/h2-7,9,15,17-18,20-22,25-33,35-37H,8H2,1H3/t9-,15-,17+,18-,20+,21-,22-,25-,26-,27+/m1/s1. The number of fused-ring (bicyclic) bond motifs is 1. The van der Waals surface area contributed by atoms with Crippen LogP contribution in [0.4, 0.5) is 0 Å². The zero-order valence-electron chi connectivity index (χ0n) is 22.3. The molecule has 0 aliphatic carbocycles. The van der Waals surface area contributed by atoms with Gasteiger partial charge in [-0.3, -0.25) is 4.79 Å². The Labute approximate surface area is 241 Å². The van der Waals surface area contributed by atoms with Gasteiger partial charge in [-0.1, -0.05) is 0 Å². The maximum Gasteiger partial charge on any atom is 0.256 e. The van der Waals surface area contributed by atoms with Gasteiger partial charge in [-0.2, -0.15) is 4.89 Å². The average molecular weight is 611 g/mol. The summed E-state index contributed by atoms with van der Waals surface area (Å²) in [6.45, 7) is 0.616. The summed E-state index contributed by atoms with van der Waals surface area (Å²) in [5, 5.41) is 90.8. The zero-order valence-corrected chi connectivity index (χ0v) is 22.3. The molecule has 0 amide bonds. The number of rotatable bonds is 7. The summed E-state index contributed by atoms with van der Waals surface area (Å²) >= 11 is 0. The monoisotopic (exact) mass is 610 g/mol. The van der Waals surface area contributed by atoms with Crippen molar-refractivity contribution in [1.29, 1.82) is 0 Å². The van der Waals surface area contributed by atoms with E-state index in [9.17, 15) is 50.8 Å². The Morgan fingerprint density at radius 3 is 2.19 bits per heavy atom. The van der Waals surface area contributed by atoms with E-state index in [-0.39, 0.29) is 28.0 Å². The fourth-order valence-electron chi connectivity index (χ4n) is 4.80. The second-order valence-corrected chi connectivity index (χ2v) is 10.1. The van der Waals surface area contributed by atoms with Crippen molar-refractivity contribution < 1.29 is 74.4 Å². The summed E-state index contributed by atoms with van der Waals surface area (Å²) in [6.07, 6.45) is -16.4. The summed E-state index contributed by atoms with van der Waals surface area (Å²) in [6, 6.07) is 7.31. The highest BCUT2D eigenvalue weighted by molar-refractivity contribution is 5.88. The highest BCUT2D eigenvalue weighted by Gasteiger charge is 2.51. The molecule has 1 aromatic heterocycles. The van der Waals surface area contributed by atoms with Gasteiger partial charge in [0.25, 0.3) is 5.75 Å². The van der Waals surface area contributed by atoms with Gasteiger partial charge in [-0.25, -0.2) is 0 Å². The largest absolute Gasteiger partial charge is 0.508 e. The van der Waals surface area contributed by atoms with Crippen molar-refractivity contribution in [2.75, 3.05) is 6.61 Å². The first-order valence-electron chi connectivity index (χ1n) is 13.0. The number of phenolic OH excluding ortho intramolecular Hbond substituents is 3. The molecule has 43 heavy (non-hydrogen) atoms. The Bertz CT molecular complexity index is 1490. The Hall–Kier alpha value is -3.55. The fraction of sp³-hybridized carbons (Fsp3) is 0.444. The van der Waals surface area contributed by atoms with Crippen LogP contribution >= 0.6 is 0 Å². The molecule has 2 aliphatic heterocycles. The van der Waals surface area contributed by atoms with Gasteiger partial charge in [0.1, 0.15) is 70.9 Å². The molecule has 0 unspecified atom stereocenters. The molecule has 0 bridgehead atoms. The lowest BCUT2D eigenvalue weighted by Gasteiger charge is -2.45. The van der Waals surface area contributed by atoms with Crippen molar-refractivity contribution in [3.8, 4) is 34.3 Å². The first-order valence-corrected chi connectivity index (χ1v) is 13.0. The van der Waals surface area contributed by atoms with Gasteiger partial charge in [-0.05, 0) is 31.2 Å². The van der Waals surface area contributed by atoms with Crippen molar-refractivity contribution in [3.05, 3.63) is 46.6 Å². The lowest BCUT2D eigenvalue weighted by molar-refractivity contribution is -0.411. The third-order valence-corrected chi connectivity index (χ3v) is 7.20. The van der Waals surface area contributed by atoms with Gasteiger partial charge in [0, 0.05) is 17.7 Å². The van der Waals surface area contributed by atoms with Gasteiger partial charge in [0.05, 0.1) is 12.7 Å². The maximum absolute atomic E-state index is 13.5. The van der Waals surface area contributed by atoms with E-state index >= 15 is 0 Å². The van der Waals surface area contributed by atoms with Crippen LogP contribution in [0, 0.1) is 0 Å². The normalized spacial score (nSPS) is 33.0. The predicted octanol–water partition coefficient (Wildman–Crippen LogP) is -1.46. The Balaban J connectivity index is 1.49. The fourth-order valence-corrected chi connectivity index (χ4v) is 4.80. The van der Waals surface area contributed by atoms with E-state index in [1.807, 2.05) is 0 Å². The molecule has 16 heteroatoms. The molecule has 0 spiro atoms. The molecule has 9 N–H and O–H groups in total. The van der Waals surface area contributed by atoms with Gasteiger partial charge in [-0.15, -0.1) is 0 Å². The quantitative estimate of drug-likeness (QED) is 0.109. The number of aromatic hydroxyl groups is 3. The summed E-state index contributed by atoms with van der Waals surface area (Å²) in [7, 11) is 0. The SMILES string of the molecule is C[C@H]1O[C@@H](OOc2c(-c3ccc(O)cc3)oc3cc(O)cc(O)c3c2=O)[C@H](O[C@H]2O[C@H](CO)[C@@H](O)[C@H](O)[C@H]2O)[C@H](O)[C@H]1O. The first-order chi connectivity index (χ1) is 20.4. The molecule has 3 heterocycles. The smallest absolute Gasteiger partial charge is 0.256 e. The number of phenols is 3. The van der Waals surface area contributed by atoms with E-state index in [2.05, 4.69) is 0 Å². The number of aliphatic hydroxyl groups excluding tert-OH is 6. The maximum atomic E-state index is 13.5. The Morgan fingerprint density at radius 2 is 1.51 bits per heavy atom. The Morgan fingerprint density at radius 1 is 0.814 bits per heavy atom. The molecule has 3 aromatic rings. The highest BCUT2D eigenvalue weighted by atomic mass is 17.2. The summed E-state index contributed by atoms with van der Waals surface area (Å²) < 4.78 is 22.3. The molecule has 16 nitrogen and oxygen atoms in total. The minimum atomic E-state index is -1.88. The van der Waals surface area contributed by atoms with Crippen molar-refractivity contribution in [3.63, 3.8) is 0 Å².